The summed E-state index contributed by atoms with van der Waals surface area (Å²) in [6, 6.07) is 15.6. The zero-order chi connectivity index (χ0) is 21.1. The monoisotopic (exact) mass is 406 g/mol. The Kier molecular flexibility index (Phi) is 5.81. The van der Waals surface area contributed by atoms with Gasteiger partial charge in [0.1, 0.15) is 0 Å². The molecule has 30 heavy (non-hydrogen) atoms. The van der Waals surface area contributed by atoms with Crippen LogP contribution >= 0.6 is 0 Å². The predicted octanol–water partition coefficient (Wildman–Crippen LogP) is 1.64. The van der Waals surface area contributed by atoms with E-state index in [9.17, 15) is 14.4 Å². The predicted molar refractivity (Wildman–Crippen MR) is 116 cm³/mol. The summed E-state index contributed by atoms with van der Waals surface area (Å²) in [5, 5.41) is 3.43. The average molecular weight is 406 g/mol. The molecule has 2 aromatic carbocycles. The minimum atomic E-state index is -0.494. The molecule has 0 saturated carbocycles. The van der Waals surface area contributed by atoms with Crippen LogP contribution < -0.4 is 16.6 Å². The molecule has 156 valence electrons. The summed E-state index contributed by atoms with van der Waals surface area (Å²) < 4.78 is 1.45. The molecule has 0 saturated heterocycles. The van der Waals surface area contributed by atoms with Crippen LogP contribution in [-0.2, 0) is 24.3 Å². The highest BCUT2D eigenvalue weighted by Gasteiger charge is 2.20. The van der Waals surface area contributed by atoms with Crippen LogP contribution in [0.15, 0.2) is 58.1 Å². The number of amides is 1. The largest absolute Gasteiger partial charge is 0.354 e. The molecule has 1 aliphatic heterocycles. The first-order valence-electron chi connectivity index (χ1n) is 10.3. The van der Waals surface area contributed by atoms with Crippen LogP contribution in [0.4, 0.5) is 0 Å². The molecule has 2 N–H and O–H groups in total. The summed E-state index contributed by atoms with van der Waals surface area (Å²) in [6.45, 7) is 4.77. The van der Waals surface area contributed by atoms with E-state index in [4.69, 9.17) is 0 Å². The second-order valence-corrected chi connectivity index (χ2v) is 7.82. The van der Waals surface area contributed by atoms with Crippen LogP contribution in [0.3, 0.4) is 0 Å². The first-order valence-corrected chi connectivity index (χ1v) is 10.3. The summed E-state index contributed by atoms with van der Waals surface area (Å²) >= 11 is 0. The molecule has 3 aromatic rings. The summed E-state index contributed by atoms with van der Waals surface area (Å²) in [7, 11) is 0. The lowest BCUT2D eigenvalue weighted by atomic mass is 9.99. The van der Waals surface area contributed by atoms with Crippen molar-refractivity contribution in [2.75, 3.05) is 13.1 Å². The van der Waals surface area contributed by atoms with Gasteiger partial charge in [-0.05, 0) is 36.6 Å². The maximum atomic E-state index is 12.4. The Morgan fingerprint density at radius 1 is 1.10 bits per heavy atom. The Hall–Kier alpha value is -3.19. The van der Waals surface area contributed by atoms with Crippen LogP contribution in [0, 0.1) is 0 Å². The van der Waals surface area contributed by atoms with Gasteiger partial charge in [0, 0.05) is 38.6 Å². The van der Waals surface area contributed by atoms with Gasteiger partial charge in [0.25, 0.3) is 5.56 Å². The van der Waals surface area contributed by atoms with Gasteiger partial charge in [-0.3, -0.25) is 24.0 Å². The quantitative estimate of drug-likeness (QED) is 0.652. The lowest BCUT2D eigenvalue weighted by Gasteiger charge is -2.33. The first kappa shape index (κ1) is 20.1. The van der Waals surface area contributed by atoms with E-state index in [0.717, 1.165) is 19.5 Å². The molecule has 1 aliphatic rings. The first-order chi connectivity index (χ1) is 14.5. The standard InChI is InChI=1S/C23H26N4O3/c1-16(26-12-10-17-6-2-3-7-18(17)15-26)14-24-21(28)11-13-27-20-9-5-4-8-19(20)22(29)25-23(27)30/h2-9,16H,10-15H2,1H3,(H,24,28)(H,25,29,30)/t16-/m0/s1. The third-order valence-corrected chi connectivity index (χ3v) is 5.85. The number of rotatable bonds is 6. The van der Waals surface area contributed by atoms with Crippen molar-refractivity contribution < 1.29 is 4.79 Å². The van der Waals surface area contributed by atoms with Crippen LogP contribution in [0.25, 0.3) is 10.9 Å². The van der Waals surface area contributed by atoms with Crippen molar-refractivity contribution in [1.29, 1.82) is 0 Å². The van der Waals surface area contributed by atoms with E-state index in [1.54, 1.807) is 24.3 Å². The molecule has 1 aromatic heterocycles. The lowest BCUT2D eigenvalue weighted by molar-refractivity contribution is -0.121. The molecule has 0 fully saturated rings. The second kappa shape index (κ2) is 8.67. The van der Waals surface area contributed by atoms with E-state index < -0.39 is 11.2 Å². The van der Waals surface area contributed by atoms with E-state index in [1.165, 1.54) is 15.7 Å². The number of hydrogen-bond acceptors (Lipinski definition) is 4. The minimum Gasteiger partial charge on any atom is -0.354 e. The van der Waals surface area contributed by atoms with E-state index >= 15 is 0 Å². The highest BCUT2D eigenvalue weighted by molar-refractivity contribution is 5.78. The molecular weight excluding hydrogens is 380 g/mol. The van der Waals surface area contributed by atoms with Crippen molar-refractivity contribution in [1.82, 2.24) is 19.8 Å². The van der Waals surface area contributed by atoms with Crippen molar-refractivity contribution in [3.63, 3.8) is 0 Å². The number of nitrogens with zero attached hydrogens (tertiary/aromatic N) is 2. The number of hydrogen-bond donors (Lipinski definition) is 2. The third-order valence-electron chi connectivity index (χ3n) is 5.85. The molecule has 0 spiro atoms. The molecule has 1 amide bonds. The number of carbonyl (C=O) groups is 1. The summed E-state index contributed by atoms with van der Waals surface area (Å²) in [5.41, 5.74) is 2.40. The van der Waals surface area contributed by atoms with Crippen molar-refractivity contribution in [2.24, 2.45) is 0 Å². The molecule has 0 bridgehead atoms. The molecule has 1 atom stereocenters. The lowest BCUT2D eigenvalue weighted by Crippen LogP contribution is -2.44. The molecule has 2 heterocycles. The number of aromatic nitrogens is 2. The maximum Gasteiger partial charge on any atom is 0.328 e. The van der Waals surface area contributed by atoms with Crippen LogP contribution in [0.1, 0.15) is 24.5 Å². The van der Waals surface area contributed by atoms with Gasteiger partial charge in [0.2, 0.25) is 5.91 Å². The van der Waals surface area contributed by atoms with Crippen molar-refractivity contribution in [2.45, 2.75) is 38.9 Å². The van der Waals surface area contributed by atoms with Gasteiger partial charge >= 0.3 is 5.69 Å². The zero-order valence-electron chi connectivity index (χ0n) is 17.1. The van der Waals surface area contributed by atoms with Gasteiger partial charge in [-0.1, -0.05) is 36.4 Å². The summed E-state index contributed by atoms with van der Waals surface area (Å²) in [4.78, 5) is 41.2. The van der Waals surface area contributed by atoms with Gasteiger partial charge in [-0.25, -0.2) is 4.79 Å². The Labute approximate surface area is 174 Å². The van der Waals surface area contributed by atoms with E-state index in [2.05, 4.69) is 46.4 Å². The van der Waals surface area contributed by atoms with Crippen LogP contribution in [0.5, 0.6) is 0 Å². The number of fused-ring (bicyclic) bond motifs is 2. The van der Waals surface area contributed by atoms with E-state index in [-0.39, 0.29) is 24.9 Å². The fourth-order valence-corrected chi connectivity index (χ4v) is 4.05. The number of benzene rings is 2. The number of H-pyrrole nitrogens is 1. The SMILES string of the molecule is C[C@@H](CNC(=O)CCn1c(=O)[nH]c(=O)c2ccccc21)N1CCc2ccccc2C1. The molecular formula is C23H26N4O3. The summed E-state index contributed by atoms with van der Waals surface area (Å²) in [6.07, 6.45) is 1.20. The molecule has 0 unspecified atom stereocenters. The van der Waals surface area contributed by atoms with Crippen molar-refractivity contribution in [3.05, 3.63) is 80.5 Å². The van der Waals surface area contributed by atoms with Crippen molar-refractivity contribution in [3.8, 4) is 0 Å². The normalized spacial score (nSPS) is 15.0. The van der Waals surface area contributed by atoms with Crippen LogP contribution in [0.2, 0.25) is 0 Å². The molecule has 7 nitrogen and oxygen atoms in total. The topological polar surface area (TPSA) is 87.2 Å². The van der Waals surface area contributed by atoms with E-state index in [1.807, 2.05) is 0 Å². The van der Waals surface area contributed by atoms with Gasteiger partial charge < -0.3 is 5.32 Å². The third kappa shape index (κ3) is 4.21. The maximum absolute atomic E-state index is 12.4. The van der Waals surface area contributed by atoms with Crippen molar-refractivity contribution >= 4 is 16.8 Å². The summed E-state index contributed by atoms with van der Waals surface area (Å²) in [5.74, 6) is -0.110. The fourth-order valence-electron chi connectivity index (χ4n) is 4.05. The Balaban J connectivity index is 1.33. The molecule has 4 rings (SSSR count). The van der Waals surface area contributed by atoms with Gasteiger partial charge in [-0.2, -0.15) is 0 Å². The second-order valence-electron chi connectivity index (χ2n) is 7.82. The molecule has 0 radical (unpaired) electrons. The van der Waals surface area contributed by atoms with Gasteiger partial charge in [0.15, 0.2) is 0 Å². The number of aromatic amines is 1. The Bertz CT molecular complexity index is 1180. The molecule has 7 heteroatoms. The smallest absolute Gasteiger partial charge is 0.328 e. The Morgan fingerprint density at radius 2 is 1.83 bits per heavy atom. The Morgan fingerprint density at radius 3 is 2.67 bits per heavy atom. The van der Waals surface area contributed by atoms with E-state index in [0.29, 0.717) is 17.4 Å². The van der Waals surface area contributed by atoms with Crippen LogP contribution in [-0.4, -0.2) is 39.5 Å². The highest BCUT2D eigenvalue weighted by atomic mass is 16.2. The number of carbonyl (C=O) groups excluding carboxylic acids is 1. The van der Waals surface area contributed by atoms with Gasteiger partial charge in [-0.15, -0.1) is 0 Å². The zero-order valence-corrected chi connectivity index (χ0v) is 17.1. The minimum absolute atomic E-state index is 0.110. The number of aryl methyl sites for hydroxylation is 1. The average Bonchev–Trinajstić information content (AvgIpc) is 2.77. The fraction of sp³-hybridized carbons (Fsp3) is 0.348. The number of nitrogens with one attached hydrogen (secondary N) is 2. The van der Waals surface area contributed by atoms with Gasteiger partial charge in [0.05, 0.1) is 10.9 Å². The number of para-hydroxylation sites is 1. The highest BCUT2D eigenvalue weighted by Crippen LogP contribution is 2.20. The molecule has 0 aliphatic carbocycles.